The van der Waals surface area contributed by atoms with Crippen molar-refractivity contribution in [2.45, 2.75) is 97.0 Å². The summed E-state index contributed by atoms with van der Waals surface area (Å²) in [6.45, 7) is 5.52. The highest BCUT2D eigenvalue weighted by atomic mass is 16.5. The molecule has 0 amide bonds. The van der Waals surface area contributed by atoms with Crippen LogP contribution in [0.15, 0.2) is 0 Å². The van der Waals surface area contributed by atoms with E-state index in [2.05, 4.69) is 13.8 Å². The van der Waals surface area contributed by atoms with Crippen LogP contribution < -0.4 is 0 Å². The molecule has 2 rings (SSSR count). The molecule has 0 aromatic rings. The lowest BCUT2D eigenvalue weighted by Gasteiger charge is -2.38. The molecule has 118 valence electrons. The van der Waals surface area contributed by atoms with Crippen LogP contribution in [-0.2, 0) is 4.74 Å². The first-order valence-corrected chi connectivity index (χ1v) is 9.45. The Morgan fingerprint density at radius 3 is 2.35 bits per heavy atom. The Labute approximate surface area is 126 Å². The van der Waals surface area contributed by atoms with Crippen LogP contribution in [0.3, 0.4) is 0 Å². The molecule has 0 aromatic heterocycles. The van der Waals surface area contributed by atoms with E-state index < -0.39 is 0 Å². The molecule has 0 heterocycles. The van der Waals surface area contributed by atoms with Crippen molar-refractivity contribution < 1.29 is 4.74 Å². The molecule has 0 unspecified atom stereocenters. The van der Waals surface area contributed by atoms with Crippen molar-refractivity contribution in [3.05, 3.63) is 0 Å². The third kappa shape index (κ3) is 5.06. The lowest BCUT2D eigenvalue weighted by atomic mass is 9.70. The molecule has 0 aliphatic heterocycles. The monoisotopic (exact) mass is 280 g/mol. The first-order valence-electron chi connectivity index (χ1n) is 9.45. The second-order valence-corrected chi connectivity index (χ2v) is 7.34. The summed E-state index contributed by atoms with van der Waals surface area (Å²) < 4.78 is 6.03. The van der Waals surface area contributed by atoms with Crippen molar-refractivity contribution in [3.63, 3.8) is 0 Å². The zero-order valence-corrected chi connectivity index (χ0v) is 13.9. The Kier molecular flexibility index (Phi) is 7.41. The van der Waals surface area contributed by atoms with E-state index >= 15 is 0 Å². The summed E-state index contributed by atoms with van der Waals surface area (Å²) in [6.07, 6.45) is 17.7. The van der Waals surface area contributed by atoms with Gasteiger partial charge in [0.25, 0.3) is 0 Å². The molecular formula is C19H36O. The fourth-order valence-electron chi connectivity index (χ4n) is 4.49. The molecule has 1 nitrogen and oxygen atoms in total. The van der Waals surface area contributed by atoms with Gasteiger partial charge < -0.3 is 4.74 Å². The molecule has 2 aliphatic rings. The summed E-state index contributed by atoms with van der Waals surface area (Å²) in [4.78, 5) is 0. The number of unbranched alkanes of at least 4 members (excludes halogenated alkanes) is 1. The van der Waals surface area contributed by atoms with Crippen molar-refractivity contribution in [1.82, 2.24) is 0 Å². The predicted octanol–water partition coefficient (Wildman–Crippen LogP) is 5.97. The maximum atomic E-state index is 6.03. The molecule has 1 heteroatoms. The topological polar surface area (TPSA) is 9.23 Å². The molecule has 0 bridgehead atoms. The van der Waals surface area contributed by atoms with Gasteiger partial charge in [-0.25, -0.2) is 0 Å². The quantitative estimate of drug-likeness (QED) is 0.558. The predicted molar refractivity (Wildman–Crippen MR) is 87.0 cm³/mol. The molecule has 0 aromatic carbocycles. The van der Waals surface area contributed by atoms with Crippen molar-refractivity contribution in [1.29, 1.82) is 0 Å². The Hall–Kier alpha value is -0.0400. The number of rotatable bonds is 7. The van der Waals surface area contributed by atoms with Crippen LogP contribution in [0.5, 0.6) is 0 Å². The third-order valence-corrected chi connectivity index (χ3v) is 5.75. The van der Waals surface area contributed by atoms with E-state index in [1.165, 1.54) is 77.0 Å². The van der Waals surface area contributed by atoms with Gasteiger partial charge >= 0.3 is 0 Å². The lowest BCUT2D eigenvalue weighted by Crippen LogP contribution is -2.30. The van der Waals surface area contributed by atoms with Gasteiger partial charge in [-0.05, 0) is 56.3 Å². The van der Waals surface area contributed by atoms with Gasteiger partial charge in [0.2, 0.25) is 0 Å². The van der Waals surface area contributed by atoms with Crippen LogP contribution in [0, 0.1) is 17.8 Å². The second-order valence-electron chi connectivity index (χ2n) is 7.34. The van der Waals surface area contributed by atoms with Crippen LogP contribution in [0.4, 0.5) is 0 Å². The van der Waals surface area contributed by atoms with E-state index in [0.29, 0.717) is 6.10 Å². The molecule has 0 saturated heterocycles. The highest BCUT2D eigenvalue weighted by molar-refractivity contribution is 4.82. The Balaban J connectivity index is 1.69. The number of ether oxygens (including phenoxy) is 1. The zero-order valence-electron chi connectivity index (χ0n) is 13.9. The first kappa shape index (κ1) is 16.3. The summed E-state index contributed by atoms with van der Waals surface area (Å²) in [5.74, 6) is 3.07. The molecule has 2 aliphatic carbocycles. The Morgan fingerprint density at radius 2 is 1.65 bits per heavy atom. The summed E-state index contributed by atoms with van der Waals surface area (Å²) in [7, 11) is 0. The van der Waals surface area contributed by atoms with Crippen molar-refractivity contribution >= 4 is 0 Å². The molecule has 2 atom stereocenters. The fraction of sp³-hybridized carbons (Fsp3) is 1.00. The van der Waals surface area contributed by atoms with Crippen LogP contribution in [0.25, 0.3) is 0 Å². The summed E-state index contributed by atoms with van der Waals surface area (Å²) in [5, 5.41) is 0. The minimum atomic E-state index is 0.589. The highest BCUT2D eigenvalue weighted by Gasteiger charge is 2.31. The van der Waals surface area contributed by atoms with Gasteiger partial charge in [-0.3, -0.25) is 0 Å². The van der Waals surface area contributed by atoms with Crippen LogP contribution >= 0.6 is 0 Å². The smallest absolute Gasteiger partial charge is 0.0577 e. The van der Waals surface area contributed by atoms with E-state index in [4.69, 9.17) is 4.74 Å². The largest absolute Gasteiger partial charge is 0.378 e. The molecular weight excluding hydrogens is 244 g/mol. The van der Waals surface area contributed by atoms with Crippen molar-refractivity contribution in [2.75, 3.05) is 6.61 Å². The van der Waals surface area contributed by atoms with Crippen molar-refractivity contribution in [3.8, 4) is 0 Å². The van der Waals surface area contributed by atoms with Crippen LogP contribution in [0.2, 0.25) is 0 Å². The van der Waals surface area contributed by atoms with Crippen LogP contribution in [0.1, 0.15) is 90.9 Å². The van der Waals surface area contributed by atoms with Crippen LogP contribution in [-0.4, -0.2) is 12.7 Å². The molecule has 0 spiro atoms. The van der Waals surface area contributed by atoms with E-state index in [1.807, 2.05) is 0 Å². The maximum absolute atomic E-state index is 6.03. The third-order valence-electron chi connectivity index (χ3n) is 5.75. The lowest BCUT2D eigenvalue weighted by molar-refractivity contribution is -0.00185. The van der Waals surface area contributed by atoms with Gasteiger partial charge in [-0.1, -0.05) is 52.4 Å². The van der Waals surface area contributed by atoms with E-state index in [-0.39, 0.29) is 0 Å². The average Bonchev–Trinajstić information content (AvgIpc) is 2.52. The second kappa shape index (κ2) is 9.07. The van der Waals surface area contributed by atoms with Gasteiger partial charge in [-0.15, -0.1) is 0 Å². The normalized spacial score (nSPS) is 35.1. The fourth-order valence-corrected chi connectivity index (χ4v) is 4.49. The molecule has 0 N–H and O–H groups in total. The zero-order chi connectivity index (χ0) is 14.2. The van der Waals surface area contributed by atoms with Crippen molar-refractivity contribution in [2.24, 2.45) is 17.8 Å². The first-order chi connectivity index (χ1) is 9.83. The van der Waals surface area contributed by atoms with Gasteiger partial charge in [0.1, 0.15) is 0 Å². The Morgan fingerprint density at radius 1 is 0.850 bits per heavy atom. The highest BCUT2D eigenvalue weighted by Crippen LogP contribution is 2.41. The summed E-state index contributed by atoms with van der Waals surface area (Å²) >= 11 is 0. The Bertz CT molecular complexity index is 242. The number of hydrogen-bond donors (Lipinski definition) is 0. The van der Waals surface area contributed by atoms with E-state index in [9.17, 15) is 0 Å². The van der Waals surface area contributed by atoms with Gasteiger partial charge in [0.05, 0.1) is 6.10 Å². The minimum Gasteiger partial charge on any atom is -0.378 e. The standard InChI is InChI=1S/C19H36O/c1-3-5-7-16-10-12-17(13-11-16)18-8-6-9-19(15-18)20-14-4-2/h16-19H,3-15H2,1-2H3/t16?,17?,18-,19-/m1/s1. The molecule has 2 saturated carbocycles. The van der Waals surface area contributed by atoms with Gasteiger partial charge in [0.15, 0.2) is 0 Å². The molecule has 2 fully saturated rings. The maximum Gasteiger partial charge on any atom is 0.0577 e. The summed E-state index contributed by atoms with van der Waals surface area (Å²) in [6, 6.07) is 0. The number of hydrogen-bond acceptors (Lipinski definition) is 1. The SMILES string of the molecule is CCCCC1CCC([C@@H]2CCC[C@@H](OCCC)C2)CC1. The van der Waals surface area contributed by atoms with Gasteiger partial charge in [-0.2, -0.15) is 0 Å². The summed E-state index contributed by atoms with van der Waals surface area (Å²) in [5.41, 5.74) is 0. The minimum absolute atomic E-state index is 0.589. The van der Waals surface area contributed by atoms with E-state index in [1.54, 1.807) is 0 Å². The average molecular weight is 280 g/mol. The van der Waals surface area contributed by atoms with E-state index in [0.717, 1.165) is 24.4 Å². The molecule has 20 heavy (non-hydrogen) atoms. The van der Waals surface area contributed by atoms with Gasteiger partial charge in [0, 0.05) is 6.61 Å². The molecule has 0 radical (unpaired) electrons.